The summed E-state index contributed by atoms with van der Waals surface area (Å²) < 4.78 is 5.63. The lowest BCUT2D eigenvalue weighted by Crippen LogP contribution is -2.06. The predicted octanol–water partition coefficient (Wildman–Crippen LogP) is 3.33. The highest BCUT2D eigenvalue weighted by atomic mass is 16.5. The molecule has 4 nitrogen and oxygen atoms in total. The molecule has 0 saturated carbocycles. The van der Waals surface area contributed by atoms with Crippen LogP contribution in [-0.2, 0) is 13.0 Å². The van der Waals surface area contributed by atoms with E-state index in [1.807, 2.05) is 19.2 Å². The molecule has 106 valence electrons. The zero-order valence-corrected chi connectivity index (χ0v) is 12.1. The molecule has 0 radical (unpaired) electrons. The lowest BCUT2D eigenvalue weighted by atomic mass is 10.1. The second-order valence-electron chi connectivity index (χ2n) is 4.75. The van der Waals surface area contributed by atoms with Gasteiger partial charge in [0.25, 0.3) is 0 Å². The molecule has 0 fully saturated rings. The number of hydrogen-bond acceptors (Lipinski definition) is 4. The van der Waals surface area contributed by atoms with Gasteiger partial charge in [0.2, 0.25) is 0 Å². The Bertz CT molecular complexity index is 508. The van der Waals surface area contributed by atoms with E-state index in [0.717, 1.165) is 24.3 Å². The van der Waals surface area contributed by atoms with E-state index < -0.39 is 0 Å². The minimum absolute atomic E-state index is 0.381. The van der Waals surface area contributed by atoms with E-state index in [9.17, 15) is 0 Å². The van der Waals surface area contributed by atoms with Crippen LogP contribution in [0.15, 0.2) is 36.7 Å². The second-order valence-corrected chi connectivity index (χ2v) is 4.75. The van der Waals surface area contributed by atoms with Gasteiger partial charge in [-0.05, 0) is 37.6 Å². The molecule has 0 atom stereocenters. The van der Waals surface area contributed by atoms with E-state index in [4.69, 9.17) is 4.74 Å². The summed E-state index contributed by atoms with van der Waals surface area (Å²) >= 11 is 0. The van der Waals surface area contributed by atoms with Crippen LogP contribution in [0, 0.1) is 0 Å². The van der Waals surface area contributed by atoms with Crippen LogP contribution in [-0.4, -0.2) is 17.0 Å². The van der Waals surface area contributed by atoms with Crippen LogP contribution < -0.4 is 10.1 Å². The van der Waals surface area contributed by atoms with Crippen LogP contribution in [0.2, 0.25) is 0 Å². The van der Waals surface area contributed by atoms with Gasteiger partial charge in [-0.2, -0.15) is 0 Å². The maximum absolute atomic E-state index is 5.63. The van der Waals surface area contributed by atoms with Crippen molar-refractivity contribution in [3.8, 4) is 11.8 Å². The number of aryl methyl sites for hydroxylation is 1. The number of benzene rings is 1. The number of rotatable bonds is 7. The van der Waals surface area contributed by atoms with Crippen LogP contribution in [0.1, 0.15) is 30.9 Å². The standard InChI is InChI=1S/C16H21N3O/c1-3-4-5-13-6-8-15(9-7-13)20-16-18-11-14(10-17-2)12-19-16/h6-9,11-12,17H,3-5,10H2,1-2H3. The van der Waals surface area contributed by atoms with Gasteiger partial charge in [-0.25, -0.2) is 9.97 Å². The number of ether oxygens (including phenoxy) is 1. The lowest BCUT2D eigenvalue weighted by molar-refractivity contribution is 0.440. The van der Waals surface area contributed by atoms with E-state index in [-0.39, 0.29) is 0 Å². The second kappa shape index (κ2) is 7.60. The van der Waals surface area contributed by atoms with Crippen LogP contribution in [0.3, 0.4) is 0 Å². The number of hydrogen-bond donors (Lipinski definition) is 1. The van der Waals surface area contributed by atoms with E-state index in [0.29, 0.717) is 6.01 Å². The lowest BCUT2D eigenvalue weighted by Gasteiger charge is -2.06. The van der Waals surface area contributed by atoms with Crippen molar-refractivity contribution in [2.24, 2.45) is 0 Å². The molecule has 1 N–H and O–H groups in total. The molecule has 2 aromatic rings. The molecule has 2 rings (SSSR count). The quantitative estimate of drug-likeness (QED) is 0.839. The predicted molar refractivity (Wildman–Crippen MR) is 79.9 cm³/mol. The van der Waals surface area contributed by atoms with Gasteiger partial charge >= 0.3 is 6.01 Å². The first-order chi connectivity index (χ1) is 9.81. The van der Waals surface area contributed by atoms with Crippen molar-refractivity contribution in [1.82, 2.24) is 15.3 Å². The highest BCUT2D eigenvalue weighted by Gasteiger charge is 2.01. The van der Waals surface area contributed by atoms with Crippen LogP contribution in [0.4, 0.5) is 0 Å². The summed E-state index contributed by atoms with van der Waals surface area (Å²) in [4.78, 5) is 8.38. The molecule has 4 heteroatoms. The van der Waals surface area contributed by atoms with Gasteiger partial charge in [0.05, 0.1) is 0 Å². The number of aromatic nitrogens is 2. The van der Waals surface area contributed by atoms with Crippen molar-refractivity contribution in [2.75, 3.05) is 7.05 Å². The van der Waals surface area contributed by atoms with Crippen molar-refractivity contribution in [2.45, 2.75) is 32.7 Å². The summed E-state index contributed by atoms with van der Waals surface area (Å²) in [5.74, 6) is 0.770. The Kier molecular flexibility index (Phi) is 5.50. The Morgan fingerprint density at radius 1 is 1.05 bits per heavy atom. The van der Waals surface area contributed by atoms with Crippen LogP contribution >= 0.6 is 0 Å². The molecule has 0 aliphatic rings. The molecule has 0 amide bonds. The number of nitrogens with one attached hydrogen (secondary N) is 1. The van der Waals surface area contributed by atoms with Crippen molar-refractivity contribution in [3.05, 3.63) is 47.8 Å². The summed E-state index contributed by atoms with van der Waals surface area (Å²) in [6, 6.07) is 8.51. The Balaban J connectivity index is 1.95. The third kappa shape index (κ3) is 4.31. The molecular formula is C16H21N3O. The molecule has 1 heterocycles. The van der Waals surface area contributed by atoms with E-state index >= 15 is 0 Å². The van der Waals surface area contributed by atoms with E-state index in [1.165, 1.54) is 18.4 Å². The zero-order chi connectivity index (χ0) is 14.2. The summed E-state index contributed by atoms with van der Waals surface area (Å²) in [6.07, 6.45) is 7.09. The number of unbranched alkanes of at least 4 members (excludes halogenated alkanes) is 1. The fourth-order valence-electron chi connectivity index (χ4n) is 1.90. The largest absolute Gasteiger partial charge is 0.424 e. The summed E-state index contributed by atoms with van der Waals surface area (Å²) in [5.41, 5.74) is 2.37. The third-order valence-electron chi connectivity index (χ3n) is 3.01. The van der Waals surface area contributed by atoms with E-state index in [1.54, 1.807) is 12.4 Å². The monoisotopic (exact) mass is 271 g/mol. The topological polar surface area (TPSA) is 47.0 Å². The average molecular weight is 271 g/mol. The highest BCUT2D eigenvalue weighted by molar-refractivity contribution is 5.29. The van der Waals surface area contributed by atoms with Crippen LogP contribution in [0.25, 0.3) is 0 Å². The zero-order valence-electron chi connectivity index (χ0n) is 12.1. The molecule has 0 saturated heterocycles. The van der Waals surface area contributed by atoms with Gasteiger partial charge in [0, 0.05) is 24.5 Å². The molecule has 20 heavy (non-hydrogen) atoms. The first-order valence-electron chi connectivity index (χ1n) is 7.04. The fourth-order valence-corrected chi connectivity index (χ4v) is 1.90. The van der Waals surface area contributed by atoms with Crippen molar-refractivity contribution < 1.29 is 4.74 Å². The number of nitrogens with zero attached hydrogens (tertiary/aromatic N) is 2. The molecule has 1 aromatic carbocycles. The van der Waals surface area contributed by atoms with Crippen molar-refractivity contribution in [3.63, 3.8) is 0 Å². The summed E-state index contributed by atoms with van der Waals surface area (Å²) in [7, 11) is 1.89. The normalized spacial score (nSPS) is 10.5. The van der Waals surface area contributed by atoms with Gasteiger partial charge in [-0.15, -0.1) is 0 Å². The smallest absolute Gasteiger partial charge is 0.321 e. The minimum atomic E-state index is 0.381. The molecule has 0 aliphatic carbocycles. The Hall–Kier alpha value is -1.94. The molecule has 0 bridgehead atoms. The van der Waals surface area contributed by atoms with Gasteiger partial charge in [-0.3, -0.25) is 0 Å². The molecule has 0 unspecified atom stereocenters. The minimum Gasteiger partial charge on any atom is -0.424 e. The van der Waals surface area contributed by atoms with Gasteiger partial charge in [-0.1, -0.05) is 25.5 Å². The Labute approximate surface area is 120 Å². The maximum Gasteiger partial charge on any atom is 0.321 e. The van der Waals surface area contributed by atoms with Gasteiger partial charge < -0.3 is 10.1 Å². The molecule has 0 spiro atoms. The first-order valence-corrected chi connectivity index (χ1v) is 7.04. The molecular weight excluding hydrogens is 250 g/mol. The highest BCUT2D eigenvalue weighted by Crippen LogP contribution is 2.18. The van der Waals surface area contributed by atoms with Crippen molar-refractivity contribution in [1.29, 1.82) is 0 Å². The van der Waals surface area contributed by atoms with Crippen molar-refractivity contribution >= 4 is 0 Å². The molecule has 0 aliphatic heterocycles. The SMILES string of the molecule is CCCCc1ccc(Oc2ncc(CNC)cn2)cc1. The maximum atomic E-state index is 5.63. The Morgan fingerprint density at radius 2 is 1.75 bits per heavy atom. The summed E-state index contributed by atoms with van der Waals surface area (Å²) in [6.45, 7) is 2.96. The molecule has 1 aromatic heterocycles. The Morgan fingerprint density at radius 3 is 2.35 bits per heavy atom. The van der Waals surface area contributed by atoms with Gasteiger partial charge in [0.1, 0.15) is 5.75 Å². The summed E-state index contributed by atoms with van der Waals surface area (Å²) in [5, 5.41) is 3.06. The van der Waals surface area contributed by atoms with E-state index in [2.05, 4.69) is 34.3 Å². The fraction of sp³-hybridized carbons (Fsp3) is 0.375. The van der Waals surface area contributed by atoms with Gasteiger partial charge in [0.15, 0.2) is 0 Å². The first kappa shape index (κ1) is 14.5. The third-order valence-corrected chi connectivity index (χ3v) is 3.01. The average Bonchev–Trinajstić information content (AvgIpc) is 2.49. The van der Waals surface area contributed by atoms with Crippen LogP contribution in [0.5, 0.6) is 11.8 Å².